The molecule has 0 aromatic carbocycles. The summed E-state index contributed by atoms with van der Waals surface area (Å²) in [6.07, 6.45) is 9.05. The van der Waals surface area contributed by atoms with Crippen LogP contribution in [0.5, 0.6) is 0 Å². The van der Waals surface area contributed by atoms with E-state index < -0.39 is 0 Å². The molecule has 16 heavy (non-hydrogen) atoms. The van der Waals surface area contributed by atoms with Gasteiger partial charge in [-0.1, -0.05) is 33.1 Å². The Labute approximate surface area is 98.7 Å². The Morgan fingerprint density at radius 3 is 2.69 bits per heavy atom. The Hall–Kier alpha value is -1.12. The maximum Gasteiger partial charge on any atom is 0.222 e. The molecule has 90 valence electrons. The molecule has 0 atom stereocenters. The maximum atomic E-state index is 4.49. The van der Waals surface area contributed by atoms with Gasteiger partial charge in [0.25, 0.3) is 0 Å². The van der Waals surface area contributed by atoms with Crippen molar-refractivity contribution in [3.05, 3.63) is 18.0 Å². The third-order valence-corrected chi connectivity index (χ3v) is 2.56. The molecule has 1 aromatic rings. The van der Waals surface area contributed by atoms with Crippen LogP contribution in [0.1, 0.15) is 51.6 Å². The maximum absolute atomic E-state index is 4.49. The summed E-state index contributed by atoms with van der Waals surface area (Å²) >= 11 is 0. The molecule has 0 saturated carbocycles. The predicted molar refractivity (Wildman–Crippen MR) is 68.7 cm³/mol. The van der Waals surface area contributed by atoms with Crippen LogP contribution in [0.4, 0.5) is 5.95 Å². The summed E-state index contributed by atoms with van der Waals surface area (Å²) in [5.41, 5.74) is 1.16. The van der Waals surface area contributed by atoms with Crippen LogP contribution in [0.3, 0.4) is 0 Å². The van der Waals surface area contributed by atoms with Gasteiger partial charge in [-0.15, -0.1) is 0 Å². The molecule has 3 heteroatoms. The normalized spacial score (nSPS) is 10.4. The van der Waals surface area contributed by atoms with Crippen molar-refractivity contribution in [1.82, 2.24) is 9.97 Å². The van der Waals surface area contributed by atoms with Crippen molar-refractivity contribution in [1.29, 1.82) is 0 Å². The third-order valence-electron chi connectivity index (χ3n) is 2.56. The van der Waals surface area contributed by atoms with E-state index in [2.05, 4.69) is 29.1 Å². The van der Waals surface area contributed by atoms with Gasteiger partial charge in [-0.2, -0.15) is 0 Å². The van der Waals surface area contributed by atoms with Gasteiger partial charge in [0.15, 0.2) is 0 Å². The van der Waals surface area contributed by atoms with Crippen molar-refractivity contribution >= 4 is 5.95 Å². The SMILES string of the molecule is CCCCCc1ccnc(NCCCC)n1. The first-order valence-electron chi connectivity index (χ1n) is 6.42. The Balaban J connectivity index is 2.37. The number of hydrogen-bond donors (Lipinski definition) is 1. The molecular weight excluding hydrogens is 198 g/mol. The number of rotatable bonds is 8. The van der Waals surface area contributed by atoms with Crippen molar-refractivity contribution in [2.24, 2.45) is 0 Å². The van der Waals surface area contributed by atoms with Gasteiger partial charge >= 0.3 is 0 Å². The number of nitrogens with one attached hydrogen (secondary N) is 1. The van der Waals surface area contributed by atoms with Crippen LogP contribution in [-0.4, -0.2) is 16.5 Å². The van der Waals surface area contributed by atoms with Crippen LogP contribution in [-0.2, 0) is 6.42 Å². The summed E-state index contributed by atoms with van der Waals surface area (Å²) in [6.45, 7) is 5.37. The Bertz CT molecular complexity index is 261. The number of aromatic nitrogens is 2. The minimum atomic E-state index is 0.780. The van der Waals surface area contributed by atoms with Crippen molar-refractivity contribution in [3.63, 3.8) is 0 Å². The minimum absolute atomic E-state index is 0.780. The number of unbranched alkanes of at least 4 members (excludes halogenated alkanes) is 3. The second kappa shape index (κ2) is 8.08. The molecule has 0 spiro atoms. The van der Waals surface area contributed by atoms with E-state index in [9.17, 15) is 0 Å². The lowest BCUT2D eigenvalue weighted by molar-refractivity contribution is 0.705. The van der Waals surface area contributed by atoms with Gasteiger partial charge in [-0.3, -0.25) is 0 Å². The van der Waals surface area contributed by atoms with E-state index in [-0.39, 0.29) is 0 Å². The summed E-state index contributed by atoms with van der Waals surface area (Å²) in [5.74, 6) is 0.780. The van der Waals surface area contributed by atoms with E-state index in [0.29, 0.717) is 0 Å². The second-order valence-electron chi connectivity index (χ2n) is 4.11. The summed E-state index contributed by atoms with van der Waals surface area (Å²) in [5, 5.41) is 3.25. The zero-order chi connectivity index (χ0) is 11.6. The number of anilines is 1. The zero-order valence-corrected chi connectivity index (χ0v) is 10.5. The standard InChI is InChI=1S/C13H23N3/c1-3-5-7-8-12-9-11-15-13(16-12)14-10-6-4-2/h9,11H,3-8,10H2,1-2H3,(H,14,15,16). The van der Waals surface area contributed by atoms with E-state index in [1.807, 2.05) is 12.3 Å². The lowest BCUT2D eigenvalue weighted by Crippen LogP contribution is -2.06. The fourth-order valence-electron chi connectivity index (χ4n) is 1.55. The molecule has 1 heterocycles. The van der Waals surface area contributed by atoms with Crippen LogP contribution in [0.15, 0.2) is 12.3 Å². The monoisotopic (exact) mass is 221 g/mol. The lowest BCUT2D eigenvalue weighted by atomic mass is 10.1. The average Bonchev–Trinajstić information content (AvgIpc) is 2.30. The molecule has 0 bridgehead atoms. The van der Waals surface area contributed by atoms with Crippen LogP contribution in [0.25, 0.3) is 0 Å². The lowest BCUT2D eigenvalue weighted by Gasteiger charge is -2.05. The van der Waals surface area contributed by atoms with Gasteiger partial charge in [-0.05, 0) is 25.3 Å². The second-order valence-corrected chi connectivity index (χ2v) is 4.11. The first-order chi connectivity index (χ1) is 7.86. The van der Waals surface area contributed by atoms with Gasteiger partial charge < -0.3 is 5.32 Å². The summed E-state index contributed by atoms with van der Waals surface area (Å²) < 4.78 is 0. The molecule has 0 aliphatic rings. The fourth-order valence-corrected chi connectivity index (χ4v) is 1.55. The molecular formula is C13H23N3. The van der Waals surface area contributed by atoms with Crippen molar-refractivity contribution in [2.75, 3.05) is 11.9 Å². The molecule has 0 amide bonds. The number of hydrogen-bond acceptors (Lipinski definition) is 3. The minimum Gasteiger partial charge on any atom is -0.354 e. The molecule has 0 radical (unpaired) electrons. The quantitative estimate of drug-likeness (QED) is 0.683. The largest absolute Gasteiger partial charge is 0.354 e. The van der Waals surface area contributed by atoms with Gasteiger partial charge in [0.2, 0.25) is 5.95 Å². The highest BCUT2D eigenvalue weighted by Crippen LogP contribution is 2.06. The van der Waals surface area contributed by atoms with E-state index in [1.54, 1.807) is 0 Å². The molecule has 0 fully saturated rings. The smallest absolute Gasteiger partial charge is 0.222 e. The molecule has 0 aliphatic heterocycles. The summed E-state index contributed by atoms with van der Waals surface area (Å²) in [7, 11) is 0. The first kappa shape index (κ1) is 12.9. The Morgan fingerprint density at radius 2 is 1.94 bits per heavy atom. The highest BCUT2D eigenvalue weighted by Gasteiger charge is 1.98. The molecule has 1 rings (SSSR count). The van der Waals surface area contributed by atoms with Crippen molar-refractivity contribution in [2.45, 2.75) is 52.4 Å². The molecule has 0 aliphatic carbocycles. The van der Waals surface area contributed by atoms with Crippen LogP contribution in [0, 0.1) is 0 Å². The van der Waals surface area contributed by atoms with E-state index in [0.717, 1.165) is 24.6 Å². The van der Waals surface area contributed by atoms with Crippen molar-refractivity contribution < 1.29 is 0 Å². The third kappa shape index (κ3) is 5.10. The molecule has 3 nitrogen and oxygen atoms in total. The van der Waals surface area contributed by atoms with Gasteiger partial charge in [-0.25, -0.2) is 9.97 Å². The molecule has 0 unspecified atom stereocenters. The zero-order valence-electron chi connectivity index (χ0n) is 10.5. The summed E-state index contributed by atoms with van der Waals surface area (Å²) in [4.78, 5) is 8.71. The first-order valence-corrected chi connectivity index (χ1v) is 6.42. The van der Waals surface area contributed by atoms with E-state index in [1.165, 1.54) is 32.1 Å². The number of aryl methyl sites for hydroxylation is 1. The van der Waals surface area contributed by atoms with Gasteiger partial charge in [0.1, 0.15) is 0 Å². The topological polar surface area (TPSA) is 37.8 Å². The van der Waals surface area contributed by atoms with Crippen LogP contribution < -0.4 is 5.32 Å². The predicted octanol–water partition coefficient (Wildman–Crippen LogP) is 3.42. The highest BCUT2D eigenvalue weighted by molar-refractivity contribution is 5.24. The fraction of sp³-hybridized carbons (Fsp3) is 0.692. The van der Waals surface area contributed by atoms with Gasteiger partial charge in [0, 0.05) is 18.4 Å². The van der Waals surface area contributed by atoms with E-state index in [4.69, 9.17) is 0 Å². The van der Waals surface area contributed by atoms with E-state index >= 15 is 0 Å². The average molecular weight is 221 g/mol. The Kier molecular flexibility index (Phi) is 6.54. The van der Waals surface area contributed by atoms with Crippen LogP contribution >= 0.6 is 0 Å². The molecule has 0 saturated heterocycles. The molecule has 1 N–H and O–H groups in total. The molecule has 1 aromatic heterocycles. The van der Waals surface area contributed by atoms with Gasteiger partial charge in [0.05, 0.1) is 0 Å². The highest BCUT2D eigenvalue weighted by atomic mass is 15.1. The summed E-state index contributed by atoms with van der Waals surface area (Å²) in [6, 6.07) is 2.01. The van der Waals surface area contributed by atoms with Crippen molar-refractivity contribution in [3.8, 4) is 0 Å². The van der Waals surface area contributed by atoms with Crippen LogP contribution in [0.2, 0.25) is 0 Å². The number of nitrogens with zero attached hydrogens (tertiary/aromatic N) is 2. The Morgan fingerprint density at radius 1 is 1.12 bits per heavy atom.